The van der Waals surface area contributed by atoms with Gasteiger partial charge in [-0.1, -0.05) is 32.8 Å². The van der Waals surface area contributed by atoms with E-state index in [0.717, 1.165) is 24.0 Å². The summed E-state index contributed by atoms with van der Waals surface area (Å²) in [5.41, 5.74) is 1.82. The van der Waals surface area contributed by atoms with Gasteiger partial charge in [0.1, 0.15) is 0 Å². The van der Waals surface area contributed by atoms with E-state index in [-0.39, 0.29) is 17.4 Å². The lowest BCUT2D eigenvalue weighted by Crippen LogP contribution is -2.36. The Bertz CT molecular complexity index is 516. The maximum Gasteiger partial charge on any atom is 0.240 e. The van der Waals surface area contributed by atoms with Crippen LogP contribution in [0.15, 0.2) is 23.1 Å². The van der Waals surface area contributed by atoms with Gasteiger partial charge < -0.3 is 5.11 Å². The molecule has 114 valence electrons. The summed E-state index contributed by atoms with van der Waals surface area (Å²) in [7, 11) is -3.56. The van der Waals surface area contributed by atoms with Crippen molar-refractivity contribution in [3.8, 4) is 0 Å². The van der Waals surface area contributed by atoms with E-state index in [2.05, 4.69) is 4.72 Å². The Hall–Kier alpha value is -0.910. The molecule has 0 spiro atoms. The molecule has 1 rings (SSSR count). The highest BCUT2D eigenvalue weighted by molar-refractivity contribution is 7.89. The molecule has 1 aromatic rings. The van der Waals surface area contributed by atoms with Gasteiger partial charge >= 0.3 is 0 Å². The predicted octanol–water partition coefficient (Wildman–Crippen LogP) is 2.38. The molecule has 0 aromatic heterocycles. The molecule has 0 heterocycles. The molecule has 1 atom stereocenters. The molecule has 4 nitrogen and oxygen atoms in total. The van der Waals surface area contributed by atoms with Crippen molar-refractivity contribution in [2.24, 2.45) is 5.92 Å². The highest BCUT2D eigenvalue weighted by Crippen LogP contribution is 2.16. The minimum absolute atomic E-state index is 0.0572. The van der Waals surface area contributed by atoms with E-state index in [4.69, 9.17) is 0 Å². The van der Waals surface area contributed by atoms with Crippen LogP contribution in [0.1, 0.15) is 37.8 Å². The molecule has 1 unspecified atom stereocenters. The number of benzene rings is 1. The lowest BCUT2D eigenvalue weighted by Gasteiger charge is -2.20. The first-order chi connectivity index (χ1) is 9.30. The fourth-order valence-corrected chi connectivity index (χ4v) is 3.60. The third-order valence-electron chi connectivity index (χ3n) is 3.58. The molecule has 0 saturated heterocycles. The second-order valence-electron chi connectivity index (χ2n) is 5.32. The fraction of sp³-hybridized carbons (Fsp3) is 0.600. The Kier molecular flexibility index (Phi) is 6.17. The van der Waals surface area contributed by atoms with E-state index >= 15 is 0 Å². The van der Waals surface area contributed by atoms with Crippen LogP contribution in [0, 0.1) is 19.8 Å². The summed E-state index contributed by atoms with van der Waals surface area (Å²) in [6.07, 6.45) is 1.02. The zero-order valence-electron chi connectivity index (χ0n) is 12.7. The van der Waals surface area contributed by atoms with E-state index in [1.165, 1.54) is 0 Å². The number of aliphatic hydroxyl groups is 1. The Morgan fingerprint density at radius 1 is 1.10 bits per heavy atom. The van der Waals surface area contributed by atoms with Gasteiger partial charge in [0.25, 0.3) is 0 Å². The Morgan fingerprint density at radius 3 is 2.05 bits per heavy atom. The molecule has 0 aliphatic rings. The largest absolute Gasteiger partial charge is 0.391 e. The van der Waals surface area contributed by atoms with Gasteiger partial charge in [-0.25, -0.2) is 13.1 Å². The number of aryl methyl sites for hydroxylation is 2. The molecule has 20 heavy (non-hydrogen) atoms. The van der Waals surface area contributed by atoms with Gasteiger partial charge in [-0.05, 0) is 43.0 Å². The number of hydrogen-bond donors (Lipinski definition) is 2. The predicted molar refractivity (Wildman–Crippen MR) is 81.2 cm³/mol. The summed E-state index contributed by atoms with van der Waals surface area (Å²) in [4.78, 5) is 0.256. The van der Waals surface area contributed by atoms with Crippen LogP contribution in [0.3, 0.4) is 0 Å². The van der Waals surface area contributed by atoms with E-state index < -0.39 is 16.1 Å². The third kappa shape index (κ3) is 4.58. The molecule has 0 saturated carbocycles. The van der Waals surface area contributed by atoms with E-state index in [9.17, 15) is 13.5 Å². The first-order valence-electron chi connectivity index (χ1n) is 7.06. The lowest BCUT2D eigenvalue weighted by atomic mass is 9.97. The van der Waals surface area contributed by atoms with E-state index in [1.54, 1.807) is 12.1 Å². The van der Waals surface area contributed by atoms with Crippen LogP contribution in [-0.4, -0.2) is 26.2 Å². The summed E-state index contributed by atoms with van der Waals surface area (Å²) in [5, 5.41) is 10.0. The van der Waals surface area contributed by atoms with Crippen molar-refractivity contribution >= 4 is 10.0 Å². The zero-order valence-corrected chi connectivity index (χ0v) is 13.5. The minimum atomic E-state index is -3.56. The molecular formula is C15H25NO3S. The normalized spacial score (nSPS) is 13.7. The Balaban J connectivity index is 2.80. The molecule has 0 amide bonds. The number of nitrogens with one attached hydrogen (secondary N) is 1. The average Bonchev–Trinajstić information content (AvgIpc) is 2.37. The molecular weight excluding hydrogens is 274 g/mol. The lowest BCUT2D eigenvalue weighted by molar-refractivity contribution is 0.107. The summed E-state index contributed by atoms with van der Waals surface area (Å²) in [6.45, 7) is 7.78. The van der Waals surface area contributed by atoms with Gasteiger partial charge in [0.15, 0.2) is 0 Å². The van der Waals surface area contributed by atoms with Crippen LogP contribution >= 0.6 is 0 Å². The maximum atomic E-state index is 12.2. The molecule has 0 aliphatic heterocycles. The van der Waals surface area contributed by atoms with Gasteiger partial charge in [0.05, 0.1) is 11.0 Å². The van der Waals surface area contributed by atoms with Gasteiger partial charge in [-0.3, -0.25) is 0 Å². The van der Waals surface area contributed by atoms with Gasteiger partial charge in [-0.2, -0.15) is 0 Å². The second kappa shape index (κ2) is 7.20. The van der Waals surface area contributed by atoms with Crippen molar-refractivity contribution in [3.05, 3.63) is 29.3 Å². The summed E-state index contributed by atoms with van der Waals surface area (Å²) >= 11 is 0. The number of hydrogen-bond acceptors (Lipinski definition) is 3. The van der Waals surface area contributed by atoms with Crippen molar-refractivity contribution in [2.75, 3.05) is 6.54 Å². The van der Waals surface area contributed by atoms with Crippen LogP contribution < -0.4 is 4.72 Å². The molecule has 2 N–H and O–H groups in total. The minimum Gasteiger partial charge on any atom is -0.391 e. The first-order valence-corrected chi connectivity index (χ1v) is 8.54. The quantitative estimate of drug-likeness (QED) is 0.812. The van der Waals surface area contributed by atoms with E-state index in [1.807, 2.05) is 33.8 Å². The molecule has 0 bridgehead atoms. The smallest absolute Gasteiger partial charge is 0.240 e. The number of aliphatic hydroxyl groups excluding tert-OH is 1. The molecule has 0 aliphatic carbocycles. The monoisotopic (exact) mass is 299 g/mol. The summed E-state index contributed by atoms with van der Waals surface area (Å²) in [5.74, 6) is 0.122. The molecule has 0 radical (unpaired) electrons. The number of rotatable bonds is 7. The Labute approximate surface area is 122 Å². The van der Waals surface area contributed by atoms with Crippen molar-refractivity contribution in [1.82, 2.24) is 4.72 Å². The van der Waals surface area contributed by atoms with Crippen molar-refractivity contribution in [2.45, 2.75) is 51.5 Å². The first kappa shape index (κ1) is 17.1. The number of sulfonamides is 1. The maximum absolute atomic E-state index is 12.2. The van der Waals surface area contributed by atoms with Gasteiger partial charge in [0.2, 0.25) is 10.0 Å². The third-order valence-corrected chi connectivity index (χ3v) is 4.98. The average molecular weight is 299 g/mol. The van der Waals surface area contributed by atoms with E-state index in [0.29, 0.717) is 0 Å². The van der Waals surface area contributed by atoms with Crippen LogP contribution in [-0.2, 0) is 10.0 Å². The standard InChI is InChI=1S/C15H25NO3S/c1-5-13(6-2)15(17)10-16-20(18,19)14-8-11(3)7-12(4)9-14/h7-9,13,15-17H,5-6,10H2,1-4H3. The van der Waals surface area contributed by atoms with Crippen LogP contribution in [0.5, 0.6) is 0 Å². The van der Waals surface area contributed by atoms with Gasteiger partial charge in [-0.15, -0.1) is 0 Å². The Morgan fingerprint density at radius 2 is 1.60 bits per heavy atom. The van der Waals surface area contributed by atoms with Crippen LogP contribution in [0.4, 0.5) is 0 Å². The summed E-state index contributed by atoms with van der Waals surface area (Å²) in [6, 6.07) is 5.20. The molecule has 0 fully saturated rings. The van der Waals surface area contributed by atoms with Crippen LogP contribution in [0.2, 0.25) is 0 Å². The summed E-state index contributed by atoms with van der Waals surface area (Å²) < 4.78 is 26.9. The van der Waals surface area contributed by atoms with Crippen LogP contribution in [0.25, 0.3) is 0 Å². The zero-order chi connectivity index (χ0) is 15.3. The second-order valence-corrected chi connectivity index (χ2v) is 7.09. The fourth-order valence-electron chi connectivity index (χ4n) is 2.37. The highest BCUT2D eigenvalue weighted by atomic mass is 32.2. The topological polar surface area (TPSA) is 66.4 Å². The van der Waals surface area contributed by atoms with Crippen molar-refractivity contribution in [1.29, 1.82) is 0 Å². The molecule has 5 heteroatoms. The van der Waals surface area contributed by atoms with Gasteiger partial charge in [0, 0.05) is 6.54 Å². The van der Waals surface area contributed by atoms with Crippen molar-refractivity contribution in [3.63, 3.8) is 0 Å². The highest BCUT2D eigenvalue weighted by Gasteiger charge is 2.20. The molecule has 1 aromatic carbocycles. The SMILES string of the molecule is CCC(CC)C(O)CNS(=O)(=O)c1cc(C)cc(C)c1. The van der Waals surface area contributed by atoms with Crippen molar-refractivity contribution < 1.29 is 13.5 Å².